The molecule has 0 saturated heterocycles. The Morgan fingerprint density at radius 3 is 2.43 bits per heavy atom. The van der Waals surface area contributed by atoms with Crippen molar-refractivity contribution in [1.82, 2.24) is 5.32 Å². The van der Waals surface area contributed by atoms with Gasteiger partial charge in [-0.25, -0.2) is 4.79 Å². The van der Waals surface area contributed by atoms with E-state index in [9.17, 15) is 4.79 Å². The summed E-state index contributed by atoms with van der Waals surface area (Å²) < 4.78 is 5.41. The maximum Gasteiger partial charge on any atom is 0.337 e. The van der Waals surface area contributed by atoms with Crippen molar-refractivity contribution in [3.63, 3.8) is 0 Å². The van der Waals surface area contributed by atoms with Crippen molar-refractivity contribution in [2.24, 2.45) is 5.73 Å². The third kappa shape index (κ3) is 4.08. The maximum atomic E-state index is 12.5. The first-order valence-corrected chi connectivity index (χ1v) is 7.52. The molecule has 0 fully saturated rings. The summed E-state index contributed by atoms with van der Waals surface area (Å²) in [4.78, 5) is 12.5. The number of nitrogens with two attached hydrogens (primary N) is 1. The van der Waals surface area contributed by atoms with E-state index in [-0.39, 0.29) is 30.4 Å². The fourth-order valence-corrected chi connectivity index (χ4v) is 2.75. The summed E-state index contributed by atoms with van der Waals surface area (Å²) in [5.41, 5.74) is 11.4. The number of rotatable bonds is 3. The molecule has 1 aliphatic heterocycles. The van der Waals surface area contributed by atoms with Gasteiger partial charge in [0.05, 0.1) is 17.6 Å². The van der Waals surface area contributed by atoms with Crippen LogP contribution in [0.15, 0.2) is 46.9 Å². The van der Waals surface area contributed by atoms with Crippen LogP contribution in [0.2, 0.25) is 0 Å². The van der Waals surface area contributed by atoms with Crippen LogP contribution in [-0.4, -0.2) is 12.1 Å². The van der Waals surface area contributed by atoms with Crippen molar-refractivity contribution in [3.05, 3.63) is 58.1 Å². The van der Waals surface area contributed by atoms with Crippen LogP contribution in [0.4, 0.5) is 0 Å². The third-order valence-electron chi connectivity index (χ3n) is 3.75. The van der Waals surface area contributed by atoms with E-state index in [1.165, 1.54) is 0 Å². The number of benzene rings is 1. The smallest absolute Gasteiger partial charge is 0.337 e. The zero-order valence-electron chi connectivity index (χ0n) is 14.3. The number of dihydropyridines is 1. The van der Waals surface area contributed by atoms with Crippen molar-refractivity contribution in [2.75, 3.05) is 0 Å². The van der Waals surface area contributed by atoms with Crippen LogP contribution >= 0.6 is 12.4 Å². The fourth-order valence-electron chi connectivity index (χ4n) is 2.75. The summed E-state index contributed by atoms with van der Waals surface area (Å²) in [5, 5.41) is 3.18. The Hall–Kier alpha value is -1.94. The number of carbonyl (C=O) groups is 1. The number of halogens is 1. The van der Waals surface area contributed by atoms with E-state index < -0.39 is 0 Å². The molecule has 0 spiro atoms. The Morgan fingerprint density at radius 1 is 1.22 bits per heavy atom. The van der Waals surface area contributed by atoms with Gasteiger partial charge in [-0.1, -0.05) is 29.8 Å². The molecule has 0 radical (unpaired) electrons. The monoisotopic (exact) mass is 336 g/mol. The highest BCUT2D eigenvalue weighted by atomic mass is 35.5. The van der Waals surface area contributed by atoms with Crippen LogP contribution in [0.3, 0.4) is 0 Å². The standard InChI is InChI=1S/C18H24N2O2.ClH/c1-10(2)22-18(21)15-12(4)20-13(5)17(19)16(15)14-8-6-7-11(3)9-14;/h6-10,16,20H,19H2,1-5H3;1H. The Labute approximate surface area is 144 Å². The normalized spacial score (nSPS) is 17.7. The molecule has 0 aromatic heterocycles. The average Bonchev–Trinajstić information content (AvgIpc) is 2.41. The van der Waals surface area contributed by atoms with Gasteiger partial charge in [0, 0.05) is 17.1 Å². The molecule has 5 heteroatoms. The lowest BCUT2D eigenvalue weighted by Crippen LogP contribution is -2.32. The van der Waals surface area contributed by atoms with Crippen LogP contribution in [0.1, 0.15) is 44.7 Å². The van der Waals surface area contributed by atoms with Gasteiger partial charge < -0.3 is 15.8 Å². The van der Waals surface area contributed by atoms with E-state index in [0.29, 0.717) is 11.3 Å². The predicted molar refractivity (Wildman–Crippen MR) is 95.1 cm³/mol. The van der Waals surface area contributed by atoms with Gasteiger partial charge >= 0.3 is 5.97 Å². The summed E-state index contributed by atoms with van der Waals surface area (Å²) in [7, 11) is 0. The van der Waals surface area contributed by atoms with E-state index >= 15 is 0 Å². The molecule has 2 rings (SSSR count). The van der Waals surface area contributed by atoms with Crippen LogP contribution in [0.25, 0.3) is 0 Å². The van der Waals surface area contributed by atoms with Gasteiger partial charge in [-0.05, 0) is 40.2 Å². The predicted octanol–water partition coefficient (Wildman–Crippen LogP) is 3.52. The van der Waals surface area contributed by atoms with Crippen LogP contribution in [0.5, 0.6) is 0 Å². The van der Waals surface area contributed by atoms with E-state index in [1.54, 1.807) is 0 Å². The average molecular weight is 337 g/mol. The summed E-state index contributed by atoms with van der Waals surface area (Å²) in [6.07, 6.45) is -0.167. The molecule has 1 heterocycles. The molecule has 1 unspecified atom stereocenters. The van der Waals surface area contributed by atoms with Gasteiger partial charge in [0.25, 0.3) is 0 Å². The topological polar surface area (TPSA) is 64.4 Å². The summed E-state index contributed by atoms with van der Waals surface area (Å²) in [5.74, 6) is -0.589. The number of hydrogen-bond donors (Lipinski definition) is 2. The molecule has 1 aromatic carbocycles. The Bertz CT molecular complexity index is 663. The number of carbonyl (C=O) groups excluding carboxylic acids is 1. The van der Waals surface area contributed by atoms with Crippen molar-refractivity contribution in [2.45, 2.75) is 46.6 Å². The molecular weight excluding hydrogens is 312 g/mol. The first kappa shape index (κ1) is 19.1. The number of hydrogen-bond acceptors (Lipinski definition) is 4. The SMILES string of the molecule is CC1=C(N)C(c2cccc(C)c2)C(C(=O)OC(C)C)=C(C)N1.Cl. The molecule has 4 nitrogen and oxygen atoms in total. The zero-order valence-corrected chi connectivity index (χ0v) is 15.1. The number of ether oxygens (including phenoxy) is 1. The molecule has 3 N–H and O–H groups in total. The largest absolute Gasteiger partial charge is 0.460 e. The fraction of sp³-hybridized carbons (Fsp3) is 0.389. The van der Waals surface area contributed by atoms with E-state index in [2.05, 4.69) is 11.4 Å². The van der Waals surface area contributed by atoms with E-state index in [1.807, 2.05) is 52.8 Å². The Balaban J connectivity index is 0.00000264. The highest BCUT2D eigenvalue weighted by molar-refractivity contribution is 5.92. The molecule has 1 aromatic rings. The molecule has 126 valence electrons. The lowest BCUT2D eigenvalue weighted by Gasteiger charge is -2.30. The molecule has 0 saturated carbocycles. The molecular formula is C18H25ClN2O2. The molecule has 1 atom stereocenters. The van der Waals surface area contributed by atoms with Crippen molar-refractivity contribution in [3.8, 4) is 0 Å². The van der Waals surface area contributed by atoms with E-state index in [4.69, 9.17) is 10.5 Å². The number of esters is 1. The van der Waals surface area contributed by atoms with Gasteiger partial charge in [0.15, 0.2) is 0 Å². The number of aryl methyl sites for hydroxylation is 1. The second kappa shape index (κ2) is 7.55. The Morgan fingerprint density at radius 2 is 1.87 bits per heavy atom. The van der Waals surface area contributed by atoms with Crippen molar-refractivity contribution < 1.29 is 9.53 Å². The summed E-state index contributed by atoms with van der Waals surface area (Å²) in [6.45, 7) is 9.52. The molecule has 0 amide bonds. The van der Waals surface area contributed by atoms with Crippen LogP contribution in [-0.2, 0) is 9.53 Å². The number of allylic oxidation sites excluding steroid dienone is 3. The van der Waals surface area contributed by atoms with Crippen molar-refractivity contribution >= 4 is 18.4 Å². The van der Waals surface area contributed by atoms with Crippen molar-refractivity contribution in [1.29, 1.82) is 0 Å². The minimum Gasteiger partial charge on any atom is -0.460 e. The third-order valence-corrected chi connectivity index (χ3v) is 3.75. The zero-order chi connectivity index (χ0) is 16.4. The lowest BCUT2D eigenvalue weighted by atomic mass is 9.84. The minimum atomic E-state index is -0.318. The molecule has 1 aliphatic rings. The van der Waals surface area contributed by atoms with Gasteiger partial charge in [-0.15, -0.1) is 12.4 Å². The summed E-state index contributed by atoms with van der Waals surface area (Å²) >= 11 is 0. The molecule has 0 aliphatic carbocycles. The highest BCUT2D eigenvalue weighted by Gasteiger charge is 2.33. The number of nitrogens with one attached hydrogen (secondary N) is 1. The quantitative estimate of drug-likeness (QED) is 0.829. The first-order chi connectivity index (χ1) is 10.3. The molecule has 23 heavy (non-hydrogen) atoms. The maximum absolute atomic E-state index is 12.5. The highest BCUT2D eigenvalue weighted by Crippen LogP contribution is 2.36. The second-order valence-corrected chi connectivity index (χ2v) is 6.05. The summed E-state index contributed by atoms with van der Waals surface area (Å²) in [6, 6.07) is 8.07. The van der Waals surface area contributed by atoms with Crippen LogP contribution in [0, 0.1) is 6.92 Å². The van der Waals surface area contributed by atoms with E-state index in [0.717, 1.165) is 22.5 Å². The van der Waals surface area contributed by atoms with Gasteiger partial charge in [-0.2, -0.15) is 0 Å². The van der Waals surface area contributed by atoms with Gasteiger partial charge in [0.1, 0.15) is 0 Å². The first-order valence-electron chi connectivity index (χ1n) is 7.52. The molecule has 0 bridgehead atoms. The van der Waals surface area contributed by atoms with Gasteiger partial charge in [0.2, 0.25) is 0 Å². The Kier molecular flexibility index (Phi) is 6.28. The minimum absolute atomic E-state index is 0. The van der Waals surface area contributed by atoms with Gasteiger partial charge in [-0.3, -0.25) is 0 Å². The second-order valence-electron chi connectivity index (χ2n) is 6.05. The van der Waals surface area contributed by atoms with Crippen LogP contribution < -0.4 is 11.1 Å². The lowest BCUT2D eigenvalue weighted by molar-refractivity contribution is -0.143.